The number of hydrogen-bond donors (Lipinski definition) is 1. The molecular formula is C16H25ClN2O. The number of rotatable bonds is 4. The van der Waals surface area contributed by atoms with Crippen LogP contribution in [0.15, 0.2) is 24.3 Å². The van der Waals surface area contributed by atoms with Crippen LogP contribution in [0.3, 0.4) is 0 Å². The molecule has 1 aromatic rings. The Morgan fingerprint density at radius 2 is 2.05 bits per heavy atom. The number of piperidine rings is 1. The Balaban J connectivity index is 0.00000147. The summed E-state index contributed by atoms with van der Waals surface area (Å²) < 4.78 is 5.19. The molecule has 20 heavy (non-hydrogen) atoms. The Morgan fingerprint density at radius 3 is 2.80 bits per heavy atom. The zero-order valence-electron chi connectivity index (χ0n) is 12.2. The largest absolute Gasteiger partial charge is 0.497 e. The van der Waals surface area contributed by atoms with E-state index in [-0.39, 0.29) is 12.4 Å². The lowest BCUT2D eigenvalue weighted by atomic mass is 9.93. The van der Waals surface area contributed by atoms with Crippen LogP contribution in [0.5, 0.6) is 5.75 Å². The number of benzene rings is 1. The van der Waals surface area contributed by atoms with Crippen LogP contribution in [0.4, 0.5) is 0 Å². The number of nitrogens with one attached hydrogen (secondary N) is 1. The number of hydrogen-bond acceptors (Lipinski definition) is 3. The standard InChI is InChI=1S/C16H24N2O.ClH/c1-19-15-4-2-13(3-5-15)7-10-18-11-8-16-14(12-18)6-9-17-16;/h2-5,14,16-17H,6-12H2,1H3;1H. The topological polar surface area (TPSA) is 24.5 Å². The van der Waals surface area contributed by atoms with Crippen LogP contribution >= 0.6 is 12.4 Å². The first-order chi connectivity index (χ1) is 9.35. The second-order valence-corrected chi connectivity index (χ2v) is 5.80. The van der Waals surface area contributed by atoms with Gasteiger partial charge in [-0.05, 0) is 56.0 Å². The molecule has 1 aromatic carbocycles. The molecule has 0 bridgehead atoms. The molecule has 3 nitrogen and oxygen atoms in total. The van der Waals surface area contributed by atoms with Crippen molar-refractivity contribution in [2.24, 2.45) is 5.92 Å². The van der Waals surface area contributed by atoms with Gasteiger partial charge in [0.25, 0.3) is 0 Å². The van der Waals surface area contributed by atoms with Crippen molar-refractivity contribution in [1.29, 1.82) is 0 Å². The van der Waals surface area contributed by atoms with Crippen LogP contribution < -0.4 is 10.1 Å². The molecule has 1 N–H and O–H groups in total. The smallest absolute Gasteiger partial charge is 0.118 e. The van der Waals surface area contributed by atoms with E-state index in [2.05, 4.69) is 34.5 Å². The van der Waals surface area contributed by atoms with E-state index in [1.165, 1.54) is 44.6 Å². The summed E-state index contributed by atoms with van der Waals surface area (Å²) in [4.78, 5) is 2.64. The van der Waals surface area contributed by atoms with Crippen LogP contribution in [0.2, 0.25) is 0 Å². The van der Waals surface area contributed by atoms with E-state index in [0.29, 0.717) is 0 Å². The molecule has 2 saturated heterocycles. The van der Waals surface area contributed by atoms with E-state index in [9.17, 15) is 0 Å². The summed E-state index contributed by atoms with van der Waals surface area (Å²) in [6.45, 7) is 4.95. The fourth-order valence-corrected chi connectivity index (χ4v) is 3.41. The highest BCUT2D eigenvalue weighted by Gasteiger charge is 2.32. The summed E-state index contributed by atoms with van der Waals surface area (Å²) in [5.41, 5.74) is 1.41. The highest BCUT2D eigenvalue weighted by atomic mass is 35.5. The average molecular weight is 297 g/mol. The molecule has 2 aliphatic heterocycles. The molecule has 2 fully saturated rings. The number of nitrogens with zero attached hydrogens (tertiary/aromatic N) is 1. The van der Waals surface area contributed by atoms with Crippen molar-refractivity contribution in [2.75, 3.05) is 33.3 Å². The van der Waals surface area contributed by atoms with Crippen LogP contribution in [0.25, 0.3) is 0 Å². The predicted molar refractivity (Wildman–Crippen MR) is 84.9 cm³/mol. The predicted octanol–water partition coefficient (Wildman–Crippen LogP) is 2.34. The minimum atomic E-state index is 0. The highest BCUT2D eigenvalue weighted by molar-refractivity contribution is 5.85. The average Bonchev–Trinajstić information content (AvgIpc) is 2.93. The lowest BCUT2D eigenvalue weighted by Crippen LogP contribution is -2.44. The maximum atomic E-state index is 5.19. The van der Waals surface area contributed by atoms with E-state index in [1.807, 2.05) is 0 Å². The Morgan fingerprint density at radius 1 is 1.25 bits per heavy atom. The van der Waals surface area contributed by atoms with Crippen molar-refractivity contribution in [1.82, 2.24) is 10.2 Å². The lowest BCUT2D eigenvalue weighted by Gasteiger charge is -2.34. The number of halogens is 1. The van der Waals surface area contributed by atoms with Crippen molar-refractivity contribution in [2.45, 2.75) is 25.3 Å². The highest BCUT2D eigenvalue weighted by Crippen LogP contribution is 2.24. The SMILES string of the molecule is COc1ccc(CCN2CCC3NCCC3C2)cc1.Cl. The normalized spacial score (nSPS) is 25.9. The van der Waals surface area contributed by atoms with E-state index in [0.717, 1.165) is 24.1 Å². The van der Waals surface area contributed by atoms with Crippen molar-refractivity contribution in [3.05, 3.63) is 29.8 Å². The van der Waals surface area contributed by atoms with Crippen LogP contribution in [-0.2, 0) is 6.42 Å². The second kappa shape index (κ2) is 7.30. The van der Waals surface area contributed by atoms with Gasteiger partial charge in [-0.2, -0.15) is 0 Å². The molecule has 3 rings (SSSR count). The zero-order chi connectivity index (χ0) is 13.1. The molecule has 0 aromatic heterocycles. The van der Waals surface area contributed by atoms with E-state index >= 15 is 0 Å². The number of likely N-dealkylation sites (tertiary alicyclic amines) is 1. The van der Waals surface area contributed by atoms with Crippen molar-refractivity contribution >= 4 is 12.4 Å². The fraction of sp³-hybridized carbons (Fsp3) is 0.625. The molecule has 2 aliphatic rings. The summed E-state index contributed by atoms with van der Waals surface area (Å²) >= 11 is 0. The van der Waals surface area contributed by atoms with Gasteiger partial charge in [0.2, 0.25) is 0 Å². The van der Waals surface area contributed by atoms with Gasteiger partial charge in [-0.3, -0.25) is 0 Å². The molecule has 0 spiro atoms. The van der Waals surface area contributed by atoms with Gasteiger partial charge in [-0.15, -0.1) is 12.4 Å². The third kappa shape index (κ3) is 3.66. The lowest BCUT2D eigenvalue weighted by molar-refractivity contribution is 0.164. The van der Waals surface area contributed by atoms with Crippen molar-refractivity contribution in [3.8, 4) is 5.75 Å². The van der Waals surface area contributed by atoms with Crippen molar-refractivity contribution < 1.29 is 4.74 Å². The molecule has 0 radical (unpaired) electrons. The van der Waals surface area contributed by atoms with Gasteiger partial charge in [0.1, 0.15) is 5.75 Å². The first-order valence-corrected chi connectivity index (χ1v) is 7.44. The van der Waals surface area contributed by atoms with Gasteiger partial charge in [0.05, 0.1) is 7.11 Å². The number of fused-ring (bicyclic) bond motifs is 1. The maximum Gasteiger partial charge on any atom is 0.118 e. The van der Waals surface area contributed by atoms with Crippen molar-refractivity contribution in [3.63, 3.8) is 0 Å². The molecule has 4 heteroatoms. The van der Waals surface area contributed by atoms with Gasteiger partial charge < -0.3 is 15.0 Å². The van der Waals surface area contributed by atoms with Gasteiger partial charge in [-0.1, -0.05) is 12.1 Å². The Kier molecular flexibility index (Phi) is 5.70. The Bertz CT molecular complexity index is 409. The molecule has 2 heterocycles. The second-order valence-electron chi connectivity index (χ2n) is 5.80. The molecule has 2 atom stereocenters. The summed E-state index contributed by atoms with van der Waals surface area (Å²) in [7, 11) is 1.72. The van der Waals surface area contributed by atoms with E-state index in [1.54, 1.807) is 7.11 Å². The van der Waals surface area contributed by atoms with Crippen LogP contribution in [0, 0.1) is 5.92 Å². The molecular weight excluding hydrogens is 272 g/mol. The Hall–Kier alpha value is -0.770. The maximum absolute atomic E-state index is 5.19. The summed E-state index contributed by atoms with van der Waals surface area (Å²) in [5, 5.41) is 3.62. The summed E-state index contributed by atoms with van der Waals surface area (Å²) in [6.07, 6.45) is 3.84. The van der Waals surface area contributed by atoms with Gasteiger partial charge in [0, 0.05) is 19.1 Å². The minimum absolute atomic E-state index is 0. The van der Waals surface area contributed by atoms with Crippen LogP contribution in [-0.4, -0.2) is 44.2 Å². The minimum Gasteiger partial charge on any atom is -0.497 e. The van der Waals surface area contributed by atoms with Gasteiger partial charge in [0.15, 0.2) is 0 Å². The van der Waals surface area contributed by atoms with Gasteiger partial charge in [-0.25, -0.2) is 0 Å². The third-order valence-corrected chi connectivity index (χ3v) is 4.62. The third-order valence-electron chi connectivity index (χ3n) is 4.62. The number of methoxy groups -OCH3 is 1. The summed E-state index contributed by atoms with van der Waals surface area (Å²) in [6, 6.07) is 9.29. The molecule has 0 aliphatic carbocycles. The first kappa shape index (κ1) is 15.6. The zero-order valence-corrected chi connectivity index (χ0v) is 13.0. The molecule has 2 unspecified atom stereocenters. The summed E-state index contributed by atoms with van der Waals surface area (Å²) in [5.74, 6) is 1.84. The molecule has 0 amide bonds. The monoisotopic (exact) mass is 296 g/mol. The molecule has 0 saturated carbocycles. The van der Waals surface area contributed by atoms with E-state index < -0.39 is 0 Å². The van der Waals surface area contributed by atoms with E-state index in [4.69, 9.17) is 4.74 Å². The number of ether oxygens (including phenoxy) is 1. The quantitative estimate of drug-likeness (QED) is 0.923. The molecule has 112 valence electrons. The van der Waals surface area contributed by atoms with Gasteiger partial charge >= 0.3 is 0 Å². The fourth-order valence-electron chi connectivity index (χ4n) is 3.41. The van der Waals surface area contributed by atoms with Crippen LogP contribution in [0.1, 0.15) is 18.4 Å². The Labute approximate surface area is 128 Å². The first-order valence-electron chi connectivity index (χ1n) is 7.44.